The maximum Gasteiger partial charge on any atom is 0.335 e. The van der Waals surface area contributed by atoms with Gasteiger partial charge in [0.1, 0.15) is 0 Å². The minimum Gasteiger partial charge on any atom is -0.479 e. The quantitative estimate of drug-likeness (QED) is 0.247. The number of rotatable bonds is 10. The number of unbranched alkanes of at least 4 members (excludes halogenated alkanes) is 1. The van der Waals surface area contributed by atoms with E-state index >= 15 is 0 Å². The molecular formula is C11H24N4O3. The van der Waals surface area contributed by atoms with Crippen LogP contribution in [0.1, 0.15) is 19.3 Å². The van der Waals surface area contributed by atoms with E-state index in [1.165, 1.54) is 0 Å². The van der Waals surface area contributed by atoms with Crippen LogP contribution in [0.2, 0.25) is 0 Å². The summed E-state index contributed by atoms with van der Waals surface area (Å²) in [5.74, 6) is -0.944. The molecule has 5 N–H and O–H groups in total. The van der Waals surface area contributed by atoms with E-state index in [0.717, 1.165) is 19.3 Å². The number of carbonyl (C=O) groups excluding carboxylic acids is 1. The largest absolute Gasteiger partial charge is 0.479 e. The molecule has 106 valence electrons. The maximum atomic E-state index is 11.4. The van der Waals surface area contributed by atoms with Crippen molar-refractivity contribution in [2.45, 2.75) is 31.5 Å². The molecule has 7 heteroatoms. The molecule has 0 aromatic carbocycles. The van der Waals surface area contributed by atoms with E-state index in [1.807, 2.05) is 0 Å². The number of carboxylic acid groups (broad SMARTS) is 1. The van der Waals surface area contributed by atoms with Gasteiger partial charge in [0.05, 0.1) is 6.04 Å². The third-order valence-corrected chi connectivity index (χ3v) is 2.72. The summed E-state index contributed by atoms with van der Waals surface area (Å²) in [4.78, 5) is 22.1. The molecule has 0 radical (unpaired) electrons. The molecule has 0 aliphatic heterocycles. The van der Waals surface area contributed by atoms with Crippen LogP contribution < -0.4 is 21.3 Å². The van der Waals surface area contributed by atoms with Gasteiger partial charge in [-0.25, -0.2) is 4.79 Å². The average Bonchev–Trinajstić information content (AvgIpc) is 2.36. The van der Waals surface area contributed by atoms with Crippen molar-refractivity contribution in [1.82, 2.24) is 21.3 Å². The zero-order valence-corrected chi connectivity index (χ0v) is 11.2. The highest BCUT2D eigenvalue weighted by Gasteiger charge is 2.15. The fourth-order valence-corrected chi connectivity index (χ4v) is 1.61. The second-order valence-corrected chi connectivity index (χ2v) is 3.97. The molecule has 0 aromatic heterocycles. The lowest BCUT2D eigenvalue weighted by Crippen LogP contribution is -2.47. The molecule has 0 fully saturated rings. The molecule has 0 aliphatic rings. The van der Waals surface area contributed by atoms with Crippen LogP contribution in [0.4, 0.5) is 0 Å². The highest BCUT2D eigenvalue weighted by molar-refractivity contribution is 5.81. The fraction of sp³-hybridized carbons (Fsp3) is 0.818. The van der Waals surface area contributed by atoms with Crippen LogP contribution >= 0.6 is 0 Å². The second kappa shape index (κ2) is 9.81. The Labute approximate surface area is 108 Å². The minimum absolute atomic E-state index is 0.0240. The third kappa shape index (κ3) is 6.53. The van der Waals surface area contributed by atoms with Gasteiger partial charge in [-0.1, -0.05) is 6.42 Å². The molecule has 2 atom stereocenters. The molecule has 0 saturated carbocycles. The predicted octanol–water partition coefficient (Wildman–Crippen LogP) is -1.29. The van der Waals surface area contributed by atoms with Crippen molar-refractivity contribution in [3.63, 3.8) is 0 Å². The summed E-state index contributed by atoms with van der Waals surface area (Å²) in [7, 11) is 4.95. The Morgan fingerprint density at radius 3 is 2.22 bits per heavy atom. The summed E-state index contributed by atoms with van der Waals surface area (Å²) in [5, 5.41) is 19.8. The van der Waals surface area contributed by atoms with Crippen LogP contribution in [0, 0.1) is 0 Å². The Bertz CT molecular complexity index is 261. The highest BCUT2D eigenvalue weighted by atomic mass is 16.4. The number of amides is 1. The third-order valence-electron chi connectivity index (χ3n) is 2.72. The molecule has 0 aliphatic carbocycles. The molecule has 18 heavy (non-hydrogen) atoms. The first-order valence-electron chi connectivity index (χ1n) is 6.09. The molecule has 7 nitrogen and oxygen atoms in total. The Balaban J connectivity index is 3.72. The monoisotopic (exact) mass is 260 g/mol. The van der Waals surface area contributed by atoms with Crippen LogP contribution in [-0.4, -0.2) is 56.9 Å². The van der Waals surface area contributed by atoms with Gasteiger partial charge < -0.3 is 15.7 Å². The Kier molecular flexibility index (Phi) is 9.17. The SMILES string of the molecule is CNC(=O)[C@H](CCCCNC(NC)C(=O)O)NC. The van der Waals surface area contributed by atoms with Crippen LogP contribution in [0.5, 0.6) is 0 Å². The van der Waals surface area contributed by atoms with Gasteiger partial charge >= 0.3 is 5.97 Å². The molecular weight excluding hydrogens is 236 g/mol. The van der Waals surface area contributed by atoms with E-state index in [9.17, 15) is 9.59 Å². The number of hydrogen-bond donors (Lipinski definition) is 5. The van der Waals surface area contributed by atoms with Gasteiger partial charge in [-0.3, -0.25) is 15.4 Å². The fourth-order valence-electron chi connectivity index (χ4n) is 1.61. The highest BCUT2D eigenvalue weighted by Crippen LogP contribution is 2.00. The van der Waals surface area contributed by atoms with E-state index in [0.29, 0.717) is 6.54 Å². The van der Waals surface area contributed by atoms with Crippen molar-refractivity contribution in [3.05, 3.63) is 0 Å². The molecule has 0 aromatic rings. The van der Waals surface area contributed by atoms with Gasteiger partial charge in [0.15, 0.2) is 6.17 Å². The van der Waals surface area contributed by atoms with Gasteiger partial charge in [-0.15, -0.1) is 0 Å². The molecule has 0 bridgehead atoms. The second-order valence-electron chi connectivity index (χ2n) is 3.97. The van der Waals surface area contributed by atoms with E-state index < -0.39 is 12.1 Å². The van der Waals surface area contributed by atoms with Crippen molar-refractivity contribution in [2.75, 3.05) is 27.7 Å². The van der Waals surface area contributed by atoms with Crippen molar-refractivity contribution in [3.8, 4) is 0 Å². The average molecular weight is 260 g/mol. The molecule has 0 saturated heterocycles. The van der Waals surface area contributed by atoms with E-state index in [2.05, 4.69) is 21.3 Å². The zero-order valence-electron chi connectivity index (χ0n) is 11.2. The molecule has 0 spiro atoms. The predicted molar refractivity (Wildman–Crippen MR) is 69.3 cm³/mol. The Morgan fingerprint density at radius 1 is 1.11 bits per heavy atom. The van der Waals surface area contributed by atoms with Crippen LogP contribution in [-0.2, 0) is 9.59 Å². The van der Waals surface area contributed by atoms with Gasteiger partial charge in [0, 0.05) is 7.05 Å². The first-order valence-corrected chi connectivity index (χ1v) is 6.09. The Morgan fingerprint density at radius 2 is 1.78 bits per heavy atom. The first-order chi connectivity index (χ1) is 8.56. The van der Waals surface area contributed by atoms with Crippen molar-refractivity contribution in [1.29, 1.82) is 0 Å². The van der Waals surface area contributed by atoms with Crippen LogP contribution in [0.15, 0.2) is 0 Å². The van der Waals surface area contributed by atoms with Crippen molar-refractivity contribution >= 4 is 11.9 Å². The van der Waals surface area contributed by atoms with Crippen molar-refractivity contribution < 1.29 is 14.7 Å². The topological polar surface area (TPSA) is 102 Å². The molecule has 0 rings (SSSR count). The van der Waals surface area contributed by atoms with E-state index in [-0.39, 0.29) is 11.9 Å². The zero-order chi connectivity index (χ0) is 14.0. The maximum absolute atomic E-state index is 11.4. The first kappa shape index (κ1) is 16.8. The number of aliphatic carboxylic acids is 1. The summed E-state index contributed by atoms with van der Waals surface area (Å²) in [6.45, 7) is 0.599. The van der Waals surface area contributed by atoms with E-state index in [1.54, 1.807) is 21.1 Å². The van der Waals surface area contributed by atoms with Gasteiger partial charge in [-0.05, 0) is 33.5 Å². The minimum atomic E-state index is -0.920. The number of nitrogens with one attached hydrogen (secondary N) is 4. The van der Waals surface area contributed by atoms with Gasteiger partial charge in [0.25, 0.3) is 0 Å². The standard InChI is InChI=1S/C11H24N4O3/c1-12-8(10(16)14-3)6-4-5-7-15-9(13-2)11(17)18/h8-9,12-13,15H,4-7H2,1-3H3,(H,14,16)(H,17,18)/t8-,9?/m0/s1. The summed E-state index contributed by atoms with van der Waals surface area (Å²) >= 11 is 0. The molecule has 1 amide bonds. The van der Waals surface area contributed by atoms with Crippen LogP contribution in [0.3, 0.4) is 0 Å². The molecule has 0 heterocycles. The normalized spacial score (nSPS) is 13.9. The summed E-state index contributed by atoms with van der Waals surface area (Å²) in [5.41, 5.74) is 0. The summed E-state index contributed by atoms with van der Waals surface area (Å²) < 4.78 is 0. The lowest BCUT2D eigenvalue weighted by Gasteiger charge is -2.15. The lowest BCUT2D eigenvalue weighted by atomic mass is 10.1. The number of likely N-dealkylation sites (N-methyl/N-ethyl adjacent to an activating group) is 3. The van der Waals surface area contributed by atoms with E-state index in [4.69, 9.17) is 5.11 Å². The Hall–Kier alpha value is -1.18. The van der Waals surface area contributed by atoms with Crippen molar-refractivity contribution in [2.24, 2.45) is 0 Å². The van der Waals surface area contributed by atoms with Gasteiger partial charge in [0.2, 0.25) is 5.91 Å². The smallest absolute Gasteiger partial charge is 0.335 e. The van der Waals surface area contributed by atoms with Gasteiger partial charge in [-0.2, -0.15) is 0 Å². The number of carbonyl (C=O) groups is 2. The summed E-state index contributed by atoms with van der Waals surface area (Å²) in [6.07, 6.45) is 1.68. The number of hydrogen-bond acceptors (Lipinski definition) is 5. The van der Waals surface area contributed by atoms with Crippen LogP contribution in [0.25, 0.3) is 0 Å². The molecule has 1 unspecified atom stereocenters. The lowest BCUT2D eigenvalue weighted by molar-refractivity contribution is -0.140. The summed E-state index contributed by atoms with van der Waals surface area (Å²) in [6, 6.07) is -0.186. The number of carboxylic acids is 1.